The molecule has 2 N–H and O–H groups in total. The van der Waals surface area contributed by atoms with Crippen molar-refractivity contribution in [2.24, 2.45) is 11.8 Å². The zero-order valence-corrected chi connectivity index (χ0v) is 10.00. The molecular formula is C12H22N2O2. The summed E-state index contributed by atoms with van der Waals surface area (Å²) in [5.74, 6) is 1.13. The zero-order valence-electron chi connectivity index (χ0n) is 10.00. The Labute approximate surface area is 97.1 Å². The fourth-order valence-electron chi connectivity index (χ4n) is 2.51. The molecule has 3 atom stereocenters. The van der Waals surface area contributed by atoms with Gasteiger partial charge >= 0.3 is 0 Å². The van der Waals surface area contributed by atoms with Crippen LogP contribution in [0, 0.1) is 11.8 Å². The van der Waals surface area contributed by atoms with Gasteiger partial charge in [-0.05, 0) is 37.6 Å². The number of hydrogen-bond donors (Lipinski definition) is 2. The summed E-state index contributed by atoms with van der Waals surface area (Å²) in [5.41, 5.74) is 0. The maximum Gasteiger partial charge on any atom is 0.237 e. The van der Waals surface area contributed by atoms with E-state index in [2.05, 4.69) is 17.6 Å². The van der Waals surface area contributed by atoms with E-state index in [1.54, 1.807) is 0 Å². The molecule has 4 heteroatoms. The van der Waals surface area contributed by atoms with Gasteiger partial charge in [0.15, 0.2) is 0 Å². The van der Waals surface area contributed by atoms with Gasteiger partial charge in [-0.2, -0.15) is 0 Å². The molecule has 0 bridgehead atoms. The summed E-state index contributed by atoms with van der Waals surface area (Å²) >= 11 is 0. The van der Waals surface area contributed by atoms with E-state index in [1.807, 2.05) is 0 Å². The topological polar surface area (TPSA) is 50.4 Å². The quantitative estimate of drug-likeness (QED) is 0.738. The van der Waals surface area contributed by atoms with Gasteiger partial charge in [0.05, 0.1) is 12.6 Å². The van der Waals surface area contributed by atoms with Gasteiger partial charge in [0.2, 0.25) is 5.91 Å². The standard InChI is InChI=1S/C12H22N2O2/c1-9-4-5-13-11(9)12(15)14-7-10-3-2-6-16-8-10/h9-11,13H,2-8H2,1H3,(H,14,15). The molecule has 16 heavy (non-hydrogen) atoms. The highest BCUT2D eigenvalue weighted by molar-refractivity contribution is 5.82. The van der Waals surface area contributed by atoms with Crippen molar-refractivity contribution in [1.82, 2.24) is 10.6 Å². The average molecular weight is 226 g/mol. The van der Waals surface area contributed by atoms with Crippen molar-refractivity contribution in [3.05, 3.63) is 0 Å². The number of ether oxygens (including phenoxy) is 1. The summed E-state index contributed by atoms with van der Waals surface area (Å²) in [5, 5.41) is 6.29. The lowest BCUT2D eigenvalue weighted by molar-refractivity contribution is -0.123. The summed E-state index contributed by atoms with van der Waals surface area (Å²) in [6, 6.07) is 0.0181. The lowest BCUT2D eigenvalue weighted by Crippen LogP contribution is -2.45. The Morgan fingerprint density at radius 2 is 2.38 bits per heavy atom. The first-order chi connectivity index (χ1) is 7.77. The third kappa shape index (κ3) is 2.95. The minimum Gasteiger partial charge on any atom is -0.381 e. The van der Waals surface area contributed by atoms with Crippen molar-refractivity contribution in [3.8, 4) is 0 Å². The summed E-state index contributed by atoms with van der Waals surface area (Å²) in [7, 11) is 0. The Morgan fingerprint density at radius 3 is 3.00 bits per heavy atom. The Bertz CT molecular complexity index is 239. The minimum atomic E-state index is 0.0181. The second-order valence-electron chi connectivity index (χ2n) is 5.03. The van der Waals surface area contributed by atoms with Crippen LogP contribution in [0.5, 0.6) is 0 Å². The molecular weight excluding hydrogens is 204 g/mol. The SMILES string of the molecule is CC1CCNC1C(=O)NCC1CCCOC1. The first-order valence-corrected chi connectivity index (χ1v) is 6.36. The fraction of sp³-hybridized carbons (Fsp3) is 0.917. The largest absolute Gasteiger partial charge is 0.381 e. The van der Waals surface area contributed by atoms with Crippen LogP contribution in [0.2, 0.25) is 0 Å². The predicted octanol–water partition coefficient (Wildman–Crippen LogP) is 0.527. The smallest absolute Gasteiger partial charge is 0.237 e. The maximum absolute atomic E-state index is 11.9. The van der Waals surface area contributed by atoms with Crippen LogP contribution in [-0.2, 0) is 9.53 Å². The van der Waals surface area contributed by atoms with Crippen LogP contribution in [0.4, 0.5) is 0 Å². The highest BCUT2D eigenvalue weighted by Crippen LogP contribution is 2.15. The molecule has 2 heterocycles. The molecule has 0 aliphatic carbocycles. The van der Waals surface area contributed by atoms with Gasteiger partial charge < -0.3 is 15.4 Å². The van der Waals surface area contributed by atoms with Crippen LogP contribution in [0.25, 0.3) is 0 Å². The summed E-state index contributed by atoms with van der Waals surface area (Å²) in [6.07, 6.45) is 3.40. The van der Waals surface area contributed by atoms with E-state index in [0.29, 0.717) is 11.8 Å². The Morgan fingerprint density at radius 1 is 1.50 bits per heavy atom. The van der Waals surface area contributed by atoms with Crippen LogP contribution >= 0.6 is 0 Å². The molecule has 2 aliphatic heterocycles. The van der Waals surface area contributed by atoms with E-state index in [4.69, 9.17) is 4.74 Å². The van der Waals surface area contributed by atoms with Crippen LogP contribution in [0.1, 0.15) is 26.2 Å². The number of nitrogens with one attached hydrogen (secondary N) is 2. The fourth-order valence-corrected chi connectivity index (χ4v) is 2.51. The third-order valence-corrected chi connectivity index (χ3v) is 3.64. The molecule has 92 valence electrons. The predicted molar refractivity (Wildman–Crippen MR) is 62.1 cm³/mol. The molecule has 2 saturated heterocycles. The number of amides is 1. The first-order valence-electron chi connectivity index (χ1n) is 6.36. The second kappa shape index (κ2) is 5.64. The van der Waals surface area contributed by atoms with Crippen molar-refractivity contribution in [2.45, 2.75) is 32.2 Å². The number of carbonyl (C=O) groups is 1. The molecule has 1 amide bonds. The van der Waals surface area contributed by atoms with Gasteiger partial charge in [-0.1, -0.05) is 6.92 Å². The van der Waals surface area contributed by atoms with Gasteiger partial charge in [-0.25, -0.2) is 0 Å². The van der Waals surface area contributed by atoms with E-state index < -0.39 is 0 Å². The molecule has 2 fully saturated rings. The number of hydrogen-bond acceptors (Lipinski definition) is 3. The monoisotopic (exact) mass is 226 g/mol. The summed E-state index contributed by atoms with van der Waals surface area (Å²) in [4.78, 5) is 11.9. The molecule has 2 aliphatic rings. The van der Waals surface area contributed by atoms with Crippen molar-refractivity contribution >= 4 is 5.91 Å². The normalized spacial score (nSPS) is 34.9. The van der Waals surface area contributed by atoms with E-state index in [1.165, 1.54) is 6.42 Å². The summed E-state index contributed by atoms with van der Waals surface area (Å²) < 4.78 is 5.39. The molecule has 0 radical (unpaired) electrons. The molecule has 4 nitrogen and oxygen atoms in total. The average Bonchev–Trinajstić information content (AvgIpc) is 2.74. The molecule has 0 aromatic heterocycles. The van der Waals surface area contributed by atoms with Gasteiger partial charge in [-0.15, -0.1) is 0 Å². The van der Waals surface area contributed by atoms with Gasteiger partial charge in [0, 0.05) is 13.2 Å². The highest BCUT2D eigenvalue weighted by atomic mass is 16.5. The van der Waals surface area contributed by atoms with E-state index in [9.17, 15) is 4.79 Å². The van der Waals surface area contributed by atoms with Crippen LogP contribution in [-0.4, -0.2) is 38.3 Å². The minimum absolute atomic E-state index is 0.0181. The zero-order chi connectivity index (χ0) is 11.4. The molecule has 3 unspecified atom stereocenters. The van der Waals surface area contributed by atoms with Crippen LogP contribution in [0.3, 0.4) is 0 Å². The Hall–Kier alpha value is -0.610. The number of carbonyl (C=O) groups excluding carboxylic acids is 1. The molecule has 0 aromatic carbocycles. The van der Waals surface area contributed by atoms with E-state index >= 15 is 0 Å². The van der Waals surface area contributed by atoms with E-state index in [-0.39, 0.29) is 11.9 Å². The van der Waals surface area contributed by atoms with Crippen molar-refractivity contribution in [1.29, 1.82) is 0 Å². The highest BCUT2D eigenvalue weighted by Gasteiger charge is 2.29. The van der Waals surface area contributed by atoms with E-state index in [0.717, 1.165) is 39.1 Å². The van der Waals surface area contributed by atoms with Gasteiger partial charge in [-0.3, -0.25) is 4.79 Å². The molecule has 2 rings (SSSR count). The van der Waals surface area contributed by atoms with Crippen molar-refractivity contribution in [3.63, 3.8) is 0 Å². The lowest BCUT2D eigenvalue weighted by Gasteiger charge is -2.23. The van der Waals surface area contributed by atoms with Crippen LogP contribution < -0.4 is 10.6 Å². The van der Waals surface area contributed by atoms with Crippen molar-refractivity contribution in [2.75, 3.05) is 26.3 Å². The van der Waals surface area contributed by atoms with Crippen molar-refractivity contribution < 1.29 is 9.53 Å². The Kier molecular flexibility index (Phi) is 4.18. The molecule has 0 aromatic rings. The number of rotatable bonds is 3. The molecule has 0 saturated carbocycles. The molecule has 0 spiro atoms. The van der Waals surface area contributed by atoms with Gasteiger partial charge in [0.1, 0.15) is 0 Å². The summed E-state index contributed by atoms with van der Waals surface area (Å²) in [6.45, 7) is 5.54. The first kappa shape index (κ1) is 11.9. The third-order valence-electron chi connectivity index (χ3n) is 3.64. The van der Waals surface area contributed by atoms with Crippen LogP contribution in [0.15, 0.2) is 0 Å². The Balaban J connectivity index is 1.70. The lowest BCUT2D eigenvalue weighted by atomic mass is 10.0. The maximum atomic E-state index is 11.9. The second-order valence-corrected chi connectivity index (χ2v) is 5.03. The van der Waals surface area contributed by atoms with Gasteiger partial charge in [0.25, 0.3) is 0 Å².